The fraction of sp³-hybridized carbons (Fsp3) is 1.00. The van der Waals surface area contributed by atoms with Crippen molar-refractivity contribution in [1.29, 1.82) is 0 Å². The zero-order chi connectivity index (χ0) is 10.0. The topological polar surface area (TPSA) is 23.5 Å². The lowest BCUT2D eigenvalue weighted by atomic mass is 10.1. The number of aliphatic hydroxyl groups is 1. The Labute approximate surface area is 81.9 Å². The van der Waals surface area contributed by atoms with E-state index in [1.165, 1.54) is 13.0 Å². The van der Waals surface area contributed by atoms with E-state index >= 15 is 0 Å². The van der Waals surface area contributed by atoms with E-state index in [1.807, 2.05) is 6.92 Å². The van der Waals surface area contributed by atoms with Gasteiger partial charge in [0.1, 0.15) is 0 Å². The number of hydrogen-bond donors (Lipinski definition) is 1. The molecule has 1 heterocycles. The highest BCUT2D eigenvalue weighted by molar-refractivity contribution is 4.84. The van der Waals surface area contributed by atoms with Gasteiger partial charge in [-0.1, -0.05) is 6.92 Å². The molecule has 0 spiro atoms. The fourth-order valence-electron chi connectivity index (χ4n) is 2.58. The van der Waals surface area contributed by atoms with Gasteiger partial charge in [-0.2, -0.15) is 0 Å². The number of hydrogen-bond acceptors (Lipinski definition) is 2. The van der Waals surface area contributed by atoms with Crippen molar-refractivity contribution in [2.24, 2.45) is 5.92 Å². The molecule has 1 N–H and O–H groups in total. The first-order chi connectivity index (χ1) is 6.00. The van der Waals surface area contributed by atoms with Crippen LogP contribution in [0.5, 0.6) is 0 Å². The molecule has 0 aliphatic carbocycles. The van der Waals surface area contributed by atoms with Gasteiger partial charge in [-0.3, -0.25) is 4.90 Å². The molecular weight excluding hydrogens is 162 g/mol. The molecule has 4 unspecified atom stereocenters. The molecule has 2 heteroatoms. The van der Waals surface area contributed by atoms with Crippen molar-refractivity contribution in [1.82, 2.24) is 4.90 Å². The molecule has 0 bridgehead atoms. The minimum Gasteiger partial charge on any atom is -0.393 e. The lowest BCUT2D eigenvalue weighted by Gasteiger charge is -2.29. The van der Waals surface area contributed by atoms with Gasteiger partial charge in [0, 0.05) is 18.6 Å². The molecule has 0 aromatic rings. The Morgan fingerprint density at radius 3 is 2.38 bits per heavy atom. The van der Waals surface area contributed by atoms with Crippen molar-refractivity contribution < 1.29 is 5.11 Å². The first kappa shape index (κ1) is 11.0. The number of likely N-dealkylation sites (tertiary alicyclic amines) is 1. The second-order valence-electron chi connectivity index (χ2n) is 4.82. The van der Waals surface area contributed by atoms with E-state index < -0.39 is 0 Å². The van der Waals surface area contributed by atoms with Gasteiger partial charge in [0.15, 0.2) is 0 Å². The number of aliphatic hydroxyl groups excluding tert-OH is 1. The molecule has 13 heavy (non-hydrogen) atoms. The van der Waals surface area contributed by atoms with Crippen molar-refractivity contribution in [3.05, 3.63) is 0 Å². The summed E-state index contributed by atoms with van der Waals surface area (Å²) >= 11 is 0. The maximum absolute atomic E-state index is 9.31. The molecule has 1 saturated heterocycles. The largest absolute Gasteiger partial charge is 0.393 e. The van der Waals surface area contributed by atoms with Crippen LogP contribution in [-0.2, 0) is 0 Å². The summed E-state index contributed by atoms with van der Waals surface area (Å²) in [6.07, 6.45) is 2.04. The Morgan fingerprint density at radius 2 is 2.00 bits per heavy atom. The summed E-state index contributed by atoms with van der Waals surface area (Å²) in [5, 5.41) is 9.31. The van der Waals surface area contributed by atoms with Gasteiger partial charge in [-0.15, -0.1) is 0 Å². The highest BCUT2D eigenvalue weighted by Crippen LogP contribution is 2.25. The number of rotatable bonds is 3. The van der Waals surface area contributed by atoms with Crippen LogP contribution < -0.4 is 0 Å². The Kier molecular flexibility index (Phi) is 3.74. The summed E-state index contributed by atoms with van der Waals surface area (Å²) in [6, 6.07) is 1.23. The quantitative estimate of drug-likeness (QED) is 0.725. The summed E-state index contributed by atoms with van der Waals surface area (Å²) < 4.78 is 0. The number of nitrogens with zero attached hydrogens (tertiary/aromatic N) is 1. The van der Waals surface area contributed by atoms with Crippen molar-refractivity contribution in [3.63, 3.8) is 0 Å². The highest BCUT2D eigenvalue weighted by Gasteiger charge is 2.29. The van der Waals surface area contributed by atoms with Gasteiger partial charge in [0.05, 0.1) is 6.10 Å². The highest BCUT2D eigenvalue weighted by atomic mass is 16.3. The van der Waals surface area contributed by atoms with E-state index in [1.54, 1.807) is 0 Å². The SMILES string of the molecule is CC(O)CC(C)N1CC(C)CC1C. The molecule has 0 amide bonds. The molecule has 2 nitrogen and oxygen atoms in total. The molecule has 78 valence electrons. The first-order valence-corrected chi connectivity index (χ1v) is 5.44. The van der Waals surface area contributed by atoms with E-state index in [0.717, 1.165) is 12.3 Å². The van der Waals surface area contributed by atoms with Crippen molar-refractivity contribution in [2.45, 2.75) is 58.7 Å². The van der Waals surface area contributed by atoms with Crippen molar-refractivity contribution in [2.75, 3.05) is 6.54 Å². The van der Waals surface area contributed by atoms with Crippen LogP contribution in [0, 0.1) is 5.92 Å². The Balaban J connectivity index is 2.42. The third-order valence-corrected chi connectivity index (χ3v) is 3.08. The van der Waals surface area contributed by atoms with E-state index in [2.05, 4.69) is 25.7 Å². The van der Waals surface area contributed by atoms with Gasteiger partial charge in [0.2, 0.25) is 0 Å². The van der Waals surface area contributed by atoms with Gasteiger partial charge < -0.3 is 5.11 Å². The van der Waals surface area contributed by atoms with Crippen LogP contribution in [0.3, 0.4) is 0 Å². The standard InChI is InChI=1S/C11H23NO/c1-8-5-9(2)12(7-8)10(3)6-11(4)13/h8-11,13H,5-7H2,1-4H3. The third kappa shape index (κ3) is 2.96. The average Bonchev–Trinajstić information content (AvgIpc) is 2.28. The average molecular weight is 185 g/mol. The predicted octanol–water partition coefficient (Wildman–Crippen LogP) is 1.88. The van der Waals surface area contributed by atoms with E-state index in [4.69, 9.17) is 0 Å². The maximum Gasteiger partial charge on any atom is 0.0526 e. The maximum atomic E-state index is 9.31. The van der Waals surface area contributed by atoms with Gasteiger partial charge in [-0.05, 0) is 39.5 Å². The summed E-state index contributed by atoms with van der Waals surface area (Å²) in [5.74, 6) is 0.825. The molecule has 0 aromatic heterocycles. The van der Waals surface area contributed by atoms with Gasteiger partial charge >= 0.3 is 0 Å². The van der Waals surface area contributed by atoms with Crippen molar-refractivity contribution >= 4 is 0 Å². The van der Waals surface area contributed by atoms with E-state index in [-0.39, 0.29) is 6.10 Å². The molecule has 0 radical (unpaired) electrons. The van der Waals surface area contributed by atoms with Crippen LogP contribution in [0.25, 0.3) is 0 Å². The second kappa shape index (κ2) is 4.43. The summed E-state index contributed by atoms with van der Waals surface area (Å²) in [7, 11) is 0. The molecule has 1 fully saturated rings. The smallest absolute Gasteiger partial charge is 0.0526 e. The lowest BCUT2D eigenvalue weighted by molar-refractivity contribution is 0.115. The molecule has 0 aromatic carbocycles. The Hall–Kier alpha value is -0.0800. The van der Waals surface area contributed by atoms with Crippen LogP contribution in [0.4, 0.5) is 0 Å². The summed E-state index contributed by atoms with van der Waals surface area (Å²) in [5.41, 5.74) is 0. The van der Waals surface area contributed by atoms with Crippen molar-refractivity contribution in [3.8, 4) is 0 Å². The molecule has 1 rings (SSSR count). The second-order valence-corrected chi connectivity index (χ2v) is 4.82. The normalized spacial score (nSPS) is 34.8. The zero-order valence-electron chi connectivity index (χ0n) is 9.33. The van der Waals surface area contributed by atoms with Crippen LogP contribution in [-0.4, -0.2) is 34.7 Å². The van der Waals surface area contributed by atoms with E-state index in [0.29, 0.717) is 12.1 Å². The molecular formula is C11H23NO. The molecule has 1 aliphatic rings. The predicted molar refractivity (Wildman–Crippen MR) is 55.7 cm³/mol. The molecule has 0 saturated carbocycles. The van der Waals surface area contributed by atoms with Crippen LogP contribution in [0.15, 0.2) is 0 Å². The summed E-state index contributed by atoms with van der Waals surface area (Å²) in [4.78, 5) is 2.53. The lowest BCUT2D eigenvalue weighted by Crippen LogP contribution is -2.37. The Morgan fingerprint density at radius 1 is 1.38 bits per heavy atom. The fourth-order valence-corrected chi connectivity index (χ4v) is 2.58. The minimum absolute atomic E-state index is 0.168. The minimum atomic E-state index is -0.168. The molecule has 1 aliphatic heterocycles. The van der Waals surface area contributed by atoms with Crippen LogP contribution in [0.1, 0.15) is 40.5 Å². The van der Waals surface area contributed by atoms with Crippen LogP contribution in [0.2, 0.25) is 0 Å². The summed E-state index contributed by atoms with van der Waals surface area (Å²) in [6.45, 7) is 9.91. The monoisotopic (exact) mass is 185 g/mol. The first-order valence-electron chi connectivity index (χ1n) is 5.44. The van der Waals surface area contributed by atoms with E-state index in [9.17, 15) is 5.11 Å². The zero-order valence-corrected chi connectivity index (χ0v) is 9.33. The Bertz CT molecular complexity index is 158. The van der Waals surface area contributed by atoms with Gasteiger partial charge in [-0.25, -0.2) is 0 Å². The molecule has 4 atom stereocenters. The van der Waals surface area contributed by atoms with Gasteiger partial charge in [0.25, 0.3) is 0 Å². The third-order valence-electron chi connectivity index (χ3n) is 3.08. The van der Waals surface area contributed by atoms with Crippen LogP contribution >= 0.6 is 0 Å².